The van der Waals surface area contributed by atoms with Crippen molar-refractivity contribution in [2.24, 2.45) is 0 Å². The summed E-state index contributed by atoms with van der Waals surface area (Å²) in [6, 6.07) is 12.2. The number of benzene rings is 2. The number of fused-ring (bicyclic) bond motifs is 1. The van der Waals surface area contributed by atoms with Gasteiger partial charge in [-0.05, 0) is 24.6 Å². The molecule has 5 heteroatoms. The van der Waals surface area contributed by atoms with Gasteiger partial charge in [0.2, 0.25) is 0 Å². The lowest BCUT2D eigenvalue weighted by molar-refractivity contribution is 0.296. The first kappa shape index (κ1) is 16.1. The van der Waals surface area contributed by atoms with Crippen LogP contribution in [-0.2, 0) is 6.42 Å². The van der Waals surface area contributed by atoms with Crippen molar-refractivity contribution >= 4 is 11.0 Å². The second-order valence-electron chi connectivity index (χ2n) is 5.28. The van der Waals surface area contributed by atoms with Crippen molar-refractivity contribution in [1.29, 1.82) is 0 Å². The van der Waals surface area contributed by atoms with Crippen LogP contribution in [0.3, 0.4) is 0 Å². The summed E-state index contributed by atoms with van der Waals surface area (Å²) in [5.74, 6) is 1.49. The summed E-state index contributed by atoms with van der Waals surface area (Å²) < 4.78 is 16.8. The van der Waals surface area contributed by atoms with Crippen molar-refractivity contribution in [2.45, 2.75) is 6.42 Å². The Hall–Kier alpha value is -2.79. The monoisotopic (exact) mass is 326 g/mol. The molecule has 0 aliphatic carbocycles. The number of ether oxygens (including phenoxy) is 2. The highest BCUT2D eigenvalue weighted by Gasteiger charge is 2.16. The maximum Gasteiger partial charge on any atom is 0.193 e. The molecule has 1 N–H and O–H groups in total. The molecule has 124 valence electrons. The van der Waals surface area contributed by atoms with Crippen LogP contribution in [0.4, 0.5) is 0 Å². The molecule has 24 heavy (non-hydrogen) atoms. The van der Waals surface area contributed by atoms with Gasteiger partial charge in [0.15, 0.2) is 16.8 Å². The van der Waals surface area contributed by atoms with E-state index in [1.54, 1.807) is 25.3 Å². The Morgan fingerprint density at radius 3 is 2.58 bits per heavy atom. The van der Waals surface area contributed by atoms with E-state index < -0.39 is 0 Å². The number of aliphatic hydroxyl groups excluding tert-OH is 1. The molecular formula is C19H18O5. The fraction of sp³-hybridized carbons (Fsp3) is 0.211. The lowest BCUT2D eigenvalue weighted by Gasteiger charge is -2.12. The van der Waals surface area contributed by atoms with Crippen LogP contribution < -0.4 is 14.9 Å². The molecule has 1 heterocycles. The van der Waals surface area contributed by atoms with Gasteiger partial charge >= 0.3 is 0 Å². The second kappa shape index (κ2) is 6.76. The maximum absolute atomic E-state index is 12.5. The summed E-state index contributed by atoms with van der Waals surface area (Å²) in [6.45, 7) is -0.0156. The minimum absolute atomic E-state index is 0.0156. The molecule has 0 amide bonds. The Kier molecular flexibility index (Phi) is 4.53. The van der Waals surface area contributed by atoms with Gasteiger partial charge in [-0.3, -0.25) is 4.79 Å². The van der Waals surface area contributed by atoms with Crippen LogP contribution in [0.2, 0.25) is 0 Å². The highest BCUT2D eigenvalue weighted by atomic mass is 16.5. The zero-order valence-corrected chi connectivity index (χ0v) is 13.5. The van der Waals surface area contributed by atoms with Gasteiger partial charge in [0.25, 0.3) is 0 Å². The molecule has 0 aliphatic heterocycles. The molecule has 3 aromatic rings. The van der Waals surface area contributed by atoms with E-state index in [0.29, 0.717) is 40.2 Å². The Morgan fingerprint density at radius 2 is 1.88 bits per heavy atom. The third kappa shape index (κ3) is 2.74. The van der Waals surface area contributed by atoms with Gasteiger partial charge in [-0.15, -0.1) is 0 Å². The minimum Gasteiger partial charge on any atom is -0.496 e. The molecular weight excluding hydrogens is 308 g/mol. The third-order valence-corrected chi connectivity index (χ3v) is 3.89. The second-order valence-corrected chi connectivity index (χ2v) is 5.28. The molecule has 0 aliphatic rings. The van der Waals surface area contributed by atoms with Crippen LogP contribution in [-0.4, -0.2) is 25.9 Å². The molecule has 0 saturated heterocycles. The summed E-state index contributed by atoms with van der Waals surface area (Å²) in [5, 5.41) is 9.64. The van der Waals surface area contributed by atoms with Crippen molar-refractivity contribution < 1.29 is 19.0 Å². The van der Waals surface area contributed by atoms with Gasteiger partial charge in [-0.1, -0.05) is 18.2 Å². The van der Waals surface area contributed by atoms with Crippen LogP contribution in [0, 0.1) is 0 Å². The van der Waals surface area contributed by atoms with Crippen LogP contribution >= 0.6 is 0 Å². The van der Waals surface area contributed by atoms with Crippen LogP contribution in [0.25, 0.3) is 22.3 Å². The largest absolute Gasteiger partial charge is 0.496 e. The molecule has 2 aromatic carbocycles. The van der Waals surface area contributed by atoms with E-state index in [1.165, 1.54) is 13.2 Å². The normalized spacial score (nSPS) is 10.8. The van der Waals surface area contributed by atoms with E-state index in [2.05, 4.69) is 0 Å². The maximum atomic E-state index is 12.5. The molecule has 0 saturated carbocycles. The Morgan fingerprint density at radius 1 is 1.08 bits per heavy atom. The van der Waals surface area contributed by atoms with Gasteiger partial charge in [0, 0.05) is 18.2 Å². The van der Waals surface area contributed by atoms with Gasteiger partial charge < -0.3 is 19.0 Å². The topological polar surface area (TPSA) is 68.9 Å². The molecule has 0 bridgehead atoms. The number of aliphatic hydroxyl groups is 1. The summed E-state index contributed by atoms with van der Waals surface area (Å²) in [4.78, 5) is 12.5. The zero-order chi connectivity index (χ0) is 17.1. The van der Waals surface area contributed by atoms with E-state index in [0.717, 1.165) is 5.56 Å². The zero-order valence-electron chi connectivity index (χ0n) is 13.5. The fourth-order valence-corrected chi connectivity index (χ4v) is 2.76. The predicted molar refractivity (Wildman–Crippen MR) is 91.8 cm³/mol. The first-order chi connectivity index (χ1) is 11.7. The van der Waals surface area contributed by atoms with Crippen molar-refractivity contribution in [3.8, 4) is 22.8 Å². The van der Waals surface area contributed by atoms with E-state index in [-0.39, 0.29) is 12.0 Å². The quantitative estimate of drug-likeness (QED) is 0.780. The van der Waals surface area contributed by atoms with Crippen molar-refractivity contribution in [3.63, 3.8) is 0 Å². The average molecular weight is 326 g/mol. The van der Waals surface area contributed by atoms with Crippen molar-refractivity contribution in [3.05, 3.63) is 58.3 Å². The smallest absolute Gasteiger partial charge is 0.193 e. The number of hydrogen-bond acceptors (Lipinski definition) is 5. The van der Waals surface area contributed by atoms with Crippen molar-refractivity contribution in [1.82, 2.24) is 0 Å². The first-order valence-electron chi connectivity index (χ1n) is 7.57. The van der Waals surface area contributed by atoms with Gasteiger partial charge in [0.05, 0.1) is 25.2 Å². The lowest BCUT2D eigenvalue weighted by atomic mass is 10.1. The van der Waals surface area contributed by atoms with Crippen molar-refractivity contribution in [2.75, 3.05) is 20.8 Å². The van der Waals surface area contributed by atoms with E-state index in [4.69, 9.17) is 13.9 Å². The molecule has 0 atom stereocenters. The number of rotatable bonds is 5. The van der Waals surface area contributed by atoms with E-state index in [1.807, 2.05) is 18.2 Å². The Balaban J connectivity index is 2.30. The Labute approximate surface area is 139 Å². The molecule has 0 spiro atoms. The van der Waals surface area contributed by atoms with E-state index >= 15 is 0 Å². The summed E-state index contributed by atoms with van der Waals surface area (Å²) in [5.41, 5.74) is 1.68. The highest BCUT2D eigenvalue weighted by Crippen LogP contribution is 2.34. The van der Waals surface area contributed by atoms with Gasteiger partial charge in [-0.25, -0.2) is 0 Å². The first-order valence-corrected chi connectivity index (χ1v) is 7.57. The standard InChI is InChI=1S/C19H18O5/c1-22-16-6-4-3-5-14(16)17-11-15(21)13-8-7-12(9-10-20)18(23-2)19(13)24-17/h3-8,11,20H,9-10H2,1-2H3. The molecule has 0 radical (unpaired) electrons. The number of para-hydroxylation sites is 1. The van der Waals surface area contributed by atoms with E-state index in [9.17, 15) is 9.90 Å². The average Bonchev–Trinajstić information content (AvgIpc) is 2.61. The third-order valence-electron chi connectivity index (χ3n) is 3.89. The number of hydrogen-bond donors (Lipinski definition) is 1. The number of methoxy groups -OCH3 is 2. The molecule has 0 fully saturated rings. The minimum atomic E-state index is -0.161. The van der Waals surface area contributed by atoms with Gasteiger partial charge in [0.1, 0.15) is 11.5 Å². The lowest BCUT2D eigenvalue weighted by Crippen LogP contribution is -2.04. The Bertz CT molecular complexity index is 927. The van der Waals surface area contributed by atoms with Crippen LogP contribution in [0.15, 0.2) is 51.7 Å². The summed E-state index contributed by atoms with van der Waals surface area (Å²) in [6.07, 6.45) is 0.418. The molecule has 0 unspecified atom stereocenters. The molecule has 5 nitrogen and oxygen atoms in total. The molecule has 3 rings (SSSR count). The fourth-order valence-electron chi connectivity index (χ4n) is 2.76. The van der Waals surface area contributed by atoms with Crippen LogP contribution in [0.1, 0.15) is 5.56 Å². The summed E-state index contributed by atoms with van der Waals surface area (Å²) in [7, 11) is 3.09. The van der Waals surface area contributed by atoms with Gasteiger partial charge in [-0.2, -0.15) is 0 Å². The molecule has 1 aromatic heterocycles. The SMILES string of the molecule is COc1ccccc1-c1cc(=O)c2ccc(CCO)c(OC)c2o1. The highest BCUT2D eigenvalue weighted by molar-refractivity contribution is 5.86. The van der Waals surface area contributed by atoms with Crippen LogP contribution in [0.5, 0.6) is 11.5 Å². The predicted octanol–water partition coefficient (Wildman–Crippen LogP) is 3.01. The summed E-state index contributed by atoms with van der Waals surface area (Å²) >= 11 is 0.